The Morgan fingerprint density at radius 1 is 1.21 bits per heavy atom. The summed E-state index contributed by atoms with van der Waals surface area (Å²) in [6, 6.07) is 13.4. The standard InChI is InChI=1S/C22H25N3O3/c1-27-16-9-10-17(20(12-16)28-2)22(26)15-6-5-11-25(13-15)14-21-23-18-7-3-4-8-19(18)24-21/h3-4,7-10,12,15H,5-6,11,13-14H2,1-2H3,(H,23,24). The summed E-state index contributed by atoms with van der Waals surface area (Å²) >= 11 is 0. The molecule has 1 saturated heterocycles. The number of nitrogens with zero attached hydrogens (tertiary/aromatic N) is 2. The van der Waals surface area contributed by atoms with E-state index in [1.165, 1.54) is 0 Å². The molecule has 3 aromatic rings. The number of aromatic nitrogens is 2. The number of hydrogen-bond donors (Lipinski definition) is 1. The maximum Gasteiger partial charge on any atom is 0.170 e. The van der Waals surface area contributed by atoms with E-state index in [4.69, 9.17) is 9.47 Å². The van der Waals surface area contributed by atoms with Crippen molar-refractivity contribution in [2.24, 2.45) is 5.92 Å². The number of aromatic amines is 1. The van der Waals surface area contributed by atoms with E-state index in [2.05, 4.69) is 14.9 Å². The fourth-order valence-electron chi connectivity index (χ4n) is 3.93. The minimum Gasteiger partial charge on any atom is -0.497 e. The number of para-hydroxylation sites is 2. The molecule has 0 radical (unpaired) electrons. The first-order valence-electron chi connectivity index (χ1n) is 9.60. The third-order valence-corrected chi connectivity index (χ3v) is 5.36. The number of carbonyl (C=O) groups is 1. The molecular weight excluding hydrogens is 354 g/mol. The molecule has 1 N–H and O–H groups in total. The monoisotopic (exact) mass is 379 g/mol. The zero-order valence-electron chi connectivity index (χ0n) is 16.3. The van der Waals surface area contributed by atoms with Crippen molar-refractivity contribution in [1.29, 1.82) is 0 Å². The Labute approximate surface area is 164 Å². The fourth-order valence-corrected chi connectivity index (χ4v) is 3.93. The summed E-state index contributed by atoms with van der Waals surface area (Å²) < 4.78 is 10.7. The minimum atomic E-state index is -0.0413. The molecule has 1 aromatic heterocycles. The van der Waals surface area contributed by atoms with Gasteiger partial charge in [0.2, 0.25) is 0 Å². The number of fused-ring (bicyclic) bond motifs is 1. The van der Waals surface area contributed by atoms with Crippen LogP contribution < -0.4 is 9.47 Å². The zero-order valence-corrected chi connectivity index (χ0v) is 16.3. The number of H-pyrrole nitrogens is 1. The largest absolute Gasteiger partial charge is 0.497 e. The minimum absolute atomic E-state index is 0.0413. The molecule has 1 fully saturated rings. The van der Waals surface area contributed by atoms with Gasteiger partial charge in [0, 0.05) is 18.5 Å². The van der Waals surface area contributed by atoms with Gasteiger partial charge in [-0.2, -0.15) is 0 Å². The summed E-state index contributed by atoms with van der Waals surface area (Å²) in [7, 11) is 3.19. The number of likely N-dealkylation sites (tertiary alicyclic amines) is 1. The van der Waals surface area contributed by atoms with E-state index in [1.54, 1.807) is 26.4 Å². The Bertz CT molecular complexity index is 949. The lowest BCUT2D eigenvalue weighted by molar-refractivity contribution is 0.0805. The van der Waals surface area contributed by atoms with E-state index in [9.17, 15) is 4.79 Å². The molecule has 2 heterocycles. The van der Waals surface area contributed by atoms with Gasteiger partial charge in [0.1, 0.15) is 17.3 Å². The topological polar surface area (TPSA) is 67.5 Å². The molecule has 1 aliphatic rings. The van der Waals surface area contributed by atoms with E-state index in [-0.39, 0.29) is 11.7 Å². The van der Waals surface area contributed by atoms with Crippen molar-refractivity contribution in [3.05, 3.63) is 53.9 Å². The van der Waals surface area contributed by atoms with Gasteiger partial charge in [0.15, 0.2) is 5.78 Å². The number of carbonyl (C=O) groups excluding carboxylic acids is 1. The molecule has 0 aliphatic carbocycles. The van der Waals surface area contributed by atoms with Gasteiger partial charge in [-0.1, -0.05) is 12.1 Å². The first kappa shape index (κ1) is 18.5. The normalized spacial score (nSPS) is 17.6. The van der Waals surface area contributed by atoms with Crippen molar-refractivity contribution < 1.29 is 14.3 Å². The molecule has 0 amide bonds. The second-order valence-corrected chi connectivity index (χ2v) is 7.21. The fraction of sp³-hybridized carbons (Fsp3) is 0.364. The molecule has 28 heavy (non-hydrogen) atoms. The Kier molecular flexibility index (Phi) is 5.30. The van der Waals surface area contributed by atoms with Crippen LogP contribution in [0.4, 0.5) is 0 Å². The molecule has 0 spiro atoms. The molecular formula is C22H25N3O3. The second kappa shape index (κ2) is 8.02. The Hall–Kier alpha value is -2.86. The molecule has 0 bridgehead atoms. The molecule has 6 nitrogen and oxygen atoms in total. The van der Waals surface area contributed by atoms with Gasteiger partial charge in [-0.3, -0.25) is 9.69 Å². The Morgan fingerprint density at radius 3 is 2.86 bits per heavy atom. The number of hydrogen-bond acceptors (Lipinski definition) is 5. The van der Waals surface area contributed by atoms with Crippen LogP contribution in [0.3, 0.4) is 0 Å². The van der Waals surface area contributed by atoms with Crippen LogP contribution in [-0.4, -0.2) is 48.0 Å². The lowest BCUT2D eigenvalue weighted by Gasteiger charge is -2.31. The molecule has 6 heteroatoms. The molecule has 146 valence electrons. The second-order valence-electron chi connectivity index (χ2n) is 7.21. The van der Waals surface area contributed by atoms with Gasteiger partial charge in [0.05, 0.1) is 37.4 Å². The third-order valence-electron chi connectivity index (χ3n) is 5.36. The van der Waals surface area contributed by atoms with Crippen molar-refractivity contribution in [3.63, 3.8) is 0 Å². The highest BCUT2D eigenvalue weighted by atomic mass is 16.5. The summed E-state index contributed by atoms with van der Waals surface area (Å²) in [5, 5.41) is 0. The maximum atomic E-state index is 13.1. The number of methoxy groups -OCH3 is 2. The van der Waals surface area contributed by atoms with Crippen LogP contribution in [0, 0.1) is 5.92 Å². The summed E-state index contributed by atoms with van der Waals surface area (Å²) in [6.45, 7) is 2.42. The van der Waals surface area contributed by atoms with Gasteiger partial charge in [-0.25, -0.2) is 4.98 Å². The van der Waals surface area contributed by atoms with Crippen LogP contribution in [0.1, 0.15) is 29.0 Å². The average Bonchev–Trinajstić information content (AvgIpc) is 3.15. The summed E-state index contributed by atoms with van der Waals surface area (Å²) in [6.07, 6.45) is 1.89. The summed E-state index contributed by atoms with van der Waals surface area (Å²) in [4.78, 5) is 23.5. The lowest BCUT2D eigenvalue weighted by atomic mass is 9.89. The van der Waals surface area contributed by atoms with Gasteiger partial charge in [0.25, 0.3) is 0 Å². The number of rotatable bonds is 6. The van der Waals surface area contributed by atoms with Gasteiger partial charge < -0.3 is 14.5 Å². The van der Waals surface area contributed by atoms with Crippen molar-refractivity contribution in [2.45, 2.75) is 19.4 Å². The molecule has 2 aromatic carbocycles. The third kappa shape index (κ3) is 3.73. The van der Waals surface area contributed by atoms with E-state index >= 15 is 0 Å². The summed E-state index contributed by atoms with van der Waals surface area (Å²) in [5.74, 6) is 2.29. The first-order chi connectivity index (χ1) is 13.7. The van der Waals surface area contributed by atoms with Crippen LogP contribution in [0.15, 0.2) is 42.5 Å². The number of benzene rings is 2. The predicted octanol–water partition coefficient (Wildman–Crippen LogP) is 3.68. The number of ketones is 1. The van der Waals surface area contributed by atoms with E-state index in [0.717, 1.165) is 49.3 Å². The number of nitrogens with one attached hydrogen (secondary N) is 1. The number of ether oxygens (including phenoxy) is 2. The number of Topliss-reactive ketones (excluding diaryl/α,β-unsaturated/α-hetero) is 1. The Morgan fingerprint density at radius 2 is 2.07 bits per heavy atom. The van der Waals surface area contributed by atoms with Crippen molar-refractivity contribution in [2.75, 3.05) is 27.3 Å². The average molecular weight is 379 g/mol. The van der Waals surface area contributed by atoms with E-state index in [1.807, 2.05) is 30.3 Å². The lowest BCUT2D eigenvalue weighted by Crippen LogP contribution is -2.38. The van der Waals surface area contributed by atoms with Crippen molar-refractivity contribution in [3.8, 4) is 11.5 Å². The van der Waals surface area contributed by atoms with Crippen LogP contribution in [0.25, 0.3) is 11.0 Å². The zero-order chi connectivity index (χ0) is 19.5. The highest BCUT2D eigenvalue weighted by Crippen LogP contribution is 2.30. The highest BCUT2D eigenvalue weighted by Gasteiger charge is 2.29. The predicted molar refractivity (Wildman–Crippen MR) is 108 cm³/mol. The summed E-state index contributed by atoms with van der Waals surface area (Å²) in [5.41, 5.74) is 2.65. The Balaban J connectivity index is 1.48. The van der Waals surface area contributed by atoms with Crippen LogP contribution >= 0.6 is 0 Å². The molecule has 1 unspecified atom stereocenters. The van der Waals surface area contributed by atoms with E-state index in [0.29, 0.717) is 17.1 Å². The molecule has 1 aliphatic heterocycles. The van der Waals surface area contributed by atoms with Crippen molar-refractivity contribution in [1.82, 2.24) is 14.9 Å². The van der Waals surface area contributed by atoms with E-state index < -0.39 is 0 Å². The van der Waals surface area contributed by atoms with Gasteiger partial charge in [-0.05, 0) is 43.7 Å². The highest BCUT2D eigenvalue weighted by molar-refractivity contribution is 6.00. The first-order valence-corrected chi connectivity index (χ1v) is 9.60. The molecule has 1 atom stereocenters. The molecule has 0 saturated carbocycles. The van der Waals surface area contributed by atoms with Gasteiger partial charge in [-0.15, -0.1) is 0 Å². The number of imidazole rings is 1. The van der Waals surface area contributed by atoms with Gasteiger partial charge >= 0.3 is 0 Å². The SMILES string of the molecule is COc1ccc(C(=O)C2CCCN(Cc3nc4ccccc4[nH]3)C2)c(OC)c1. The van der Waals surface area contributed by atoms with Crippen LogP contribution in [0.2, 0.25) is 0 Å². The molecule has 4 rings (SSSR count). The maximum absolute atomic E-state index is 13.1. The smallest absolute Gasteiger partial charge is 0.170 e. The quantitative estimate of drug-likeness (QED) is 0.662. The van der Waals surface area contributed by atoms with Crippen LogP contribution in [0.5, 0.6) is 11.5 Å². The van der Waals surface area contributed by atoms with Crippen molar-refractivity contribution >= 4 is 16.8 Å². The van der Waals surface area contributed by atoms with Crippen LogP contribution in [-0.2, 0) is 6.54 Å². The number of piperidine rings is 1.